The molecule has 0 bridgehead atoms. The molecule has 2 aromatic rings. The Labute approximate surface area is 154 Å². The number of hydrogen-bond acceptors (Lipinski definition) is 3. The molecule has 0 atom stereocenters. The quantitative estimate of drug-likeness (QED) is 0.779. The Kier molecular flexibility index (Phi) is 4.42. The molecule has 3 nitrogen and oxygen atoms in total. The molecule has 4 rings (SSSR count). The zero-order chi connectivity index (χ0) is 18.3. The van der Waals surface area contributed by atoms with Gasteiger partial charge in [-0.25, -0.2) is 0 Å². The van der Waals surface area contributed by atoms with Crippen LogP contribution in [0.15, 0.2) is 30.3 Å². The molecule has 0 spiro atoms. The third-order valence-corrected chi connectivity index (χ3v) is 6.29. The molecule has 2 aliphatic rings. The van der Waals surface area contributed by atoms with E-state index in [1.54, 1.807) is 17.4 Å². The second kappa shape index (κ2) is 6.61. The summed E-state index contributed by atoms with van der Waals surface area (Å²) in [4.78, 5) is 18.5. The van der Waals surface area contributed by atoms with Gasteiger partial charge in [-0.05, 0) is 49.1 Å². The Balaban J connectivity index is 1.41. The molecule has 0 N–H and O–H groups in total. The number of benzene rings is 1. The molecule has 0 saturated carbocycles. The highest BCUT2D eigenvalue weighted by Gasteiger charge is 2.31. The first kappa shape index (κ1) is 17.4. The number of nitrogens with zero attached hydrogens (tertiary/aromatic N) is 2. The van der Waals surface area contributed by atoms with E-state index in [1.807, 2.05) is 15.9 Å². The molecule has 0 radical (unpaired) electrons. The van der Waals surface area contributed by atoms with Crippen LogP contribution in [0.25, 0.3) is 0 Å². The Hall–Kier alpha value is -2.02. The van der Waals surface area contributed by atoms with Gasteiger partial charge in [0, 0.05) is 36.7 Å². The number of rotatable bonds is 2. The van der Waals surface area contributed by atoms with Gasteiger partial charge < -0.3 is 9.80 Å². The van der Waals surface area contributed by atoms with E-state index < -0.39 is 11.7 Å². The van der Waals surface area contributed by atoms with Crippen molar-refractivity contribution in [1.82, 2.24) is 4.90 Å². The van der Waals surface area contributed by atoms with Crippen molar-refractivity contribution in [2.24, 2.45) is 0 Å². The van der Waals surface area contributed by atoms with Gasteiger partial charge in [0.15, 0.2) is 0 Å². The molecule has 1 aliphatic heterocycles. The number of amides is 1. The molecule has 1 fully saturated rings. The fraction of sp³-hybridized carbons (Fsp3) is 0.421. The molecule has 7 heteroatoms. The number of anilines is 1. The van der Waals surface area contributed by atoms with Gasteiger partial charge in [-0.2, -0.15) is 13.2 Å². The van der Waals surface area contributed by atoms with E-state index in [0.29, 0.717) is 31.9 Å². The number of carbonyl (C=O) groups excluding carboxylic acids is 1. The summed E-state index contributed by atoms with van der Waals surface area (Å²) in [5, 5.41) is 0. The summed E-state index contributed by atoms with van der Waals surface area (Å²) in [6, 6.07) is 7.41. The van der Waals surface area contributed by atoms with Gasteiger partial charge >= 0.3 is 6.18 Å². The van der Waals surface area contributed by atoms with Crippen molar-refractivity contribution >= 4 is 22.9 Å². The van der Waals surface area contributed by atoms with Crippen molar-refractivity contribution in [3.63, 3.8) is 0 Å². The molecule has 1 saturated heterocycles. The summed E-state index contributed by atoms with van der Waals surface area (Å²) in [6.07, 6.45) is -1.04. The normalized spacial score (nSPS) is 17.5. The molecule has 26 heavy (non-hydrogen) atoms. The van der Waals surface area contributed by atoms with Crippen LogP contribution >= 0.6 is 11.3 Å². The smallest absolute Gasteiger partial charge is 0.368 e. The summed E-state index contributed by atoms with van der Waals surface area (Å²) in [7, 11) is 0. The van der Waals surface area contributed by atoms with Crippen molar-refractivity contribution in [1.29, 1.82) is 0 Å². The first-order chi connectivity index (χ1) is 12.4. The largest absolute Gasteiger partial charge is 0.416 e. The summed E-state index contributed by atoms with van der Waals surface area (Å²) in [5.74, 6) is 0.0492. The summed E-state index contributed by atoms with van der Waals surface area (Å²) < 4.78 is 38.7. The SMILES string of the molecule is O=C(c1cc2c(s1)CCC2)N1CCN(c2cccc(C(F)(F)F)c2)CC1. The van der Waals surface area contributed by atoms with Crippen LogP contribution in [0.3, 0.4) is 0 Å². The first-order valence-electron chi connectivity index (χ1n) is 8.75. The van der Waals surface area contributed by atoms with E-state index in [9.17, 15) is 18.0 Å². The number of alkyl halides is 3. The number of piperazine rings is 1. The molecule has 2 heterocycles. The minimum Gasteiger partial charge on any atom is -0.368 e. The Morgan fingerprint density at radius 1 is 1.04 bits per heavy atom. The van der Waals surface area contributed by atoms with Crippen molar-refractivity contribution < 1.29 is 18.0 Å². The standard InChI is InChI=1S/C19H19F3N2OS/c20-19(21,22)14-4-2-5-15(12-14)23-7-9-24(10-8-23)18(25)17-11-13-3-1-6-16(13)26-17/h2,4-5,11-12H,1,3,6-10H2. The molecule has 1 aromatic heterocycles. The number of fused-ring (bicyclic) bond motifs is 1. The fourth-order valence-electron chi connectivity index (χ4n) is 3.64. The zero-order valence-electron chi connectivity index (χ0n) is 14.2. The van der Waals surface area contributed by atoms with Crippen LogP contribution < -0.4 is 4.90 Å². The average molecular weight is 380 g/mol. The lowest BCUT2D eigenvalue weighted by Crippen LogP contribution is -2.48. The molecule has 1 amide bonds. The second-order valence-electron chi connectivity index (χ2n) is 6.74. The van der Waals surface area contributed by atoms with Crippen molar-refractivity contribution in [3.8, 4) is 0 Å². The maximum Gasteiger partial charge on any atom is 0.416 e. The molecule has 0 unspecified atom stereocenters. The number of aryl methyl sites for hydroxylation is 2. The lowest BCUT2D eigenvalue weighted by Gasteiger charge is -2.36. The fourth-order valence-corrected chi connectivity index (χ4v) is 4.86. The van der Waals surface area contributed by atoms with Crippen LogP contribution in [-0.4, -0.2) is 37.0 Å². The molecule has 138 valence electrons. The molecular weight excluding hydrogens is 361 g/mol. The van der Waals surface area contributed by atoms with E-state index in [-0.39, 0.29) is 5.91 Å². The third kappa shape index (κ3) is 3.32. The lowest BCUT2D eigenvalue weighted by molar-refractivity contribution is -0.137. The maximum absolute atomic E-state index is 12.9. The van der Waals surface area contributed by atoms with Crippen LogP contribution in [0.4, 0.5) is 18.9 Å². The van der Waals surface area contributed by atoms with E-state index in [4.69, 9.17) is 0 Å². The highest BCUT2D eigenvalue weighted by molar-refractivity contribution is 7.14. The van der Waals surface area contributed by atoms with Gasteiger partial charge in [0.2, 0.25) is 0 Å². The van der Waals surface area contributed by atoms with Gasteiger partial charge in [0.25, 0.3) is 5.91 Å². The van der Waals surface area contributed by atoms with Crippen LogP contribution in [-0.2, 0) is 19.0 Å². The Morgan fingerprint density at radius 3 is 2.50 bits per heavy atom. The minimum atomic E-state index is -4.34. The van der Waals surface area contributed by atoms with Crippen molar-refractivity contribution in [2.75, 3.05) is 31.1 Å². The second-order valence-corrected chi connectivity index (χ2v) is 7.88. The van der Waals surface area contributed by atoms with Crippen LogP contribution in [0.2, 0.25) is 0 Å². The van der Waals surface area contributed by atoms with Gasteiger partial charge in [0.05, 0.1) is 10.4 Å². The van der Waals surface area contributed by atoms with E-state index in [2.05, 4.69) is 0 Å². The number of thiophene rings is 1. The predicted octanol–water partition coefficient (Wildman–Crippen LogP) is 4.22. The van der Waals surface area contributed by atoms with Crippen molar-refractivity contribution in [3.05, 3.63) is 51.2 Å². The third-order valence-electron chi connectivity index (χ3n) is 5.06. The van der Waals surface area contributed by atoms with Crippen LogP contribution in [0, 0.1) is 0 Å². The van der Waals surface area contributed by atoms with Gasteiger partial charge in [-0.3, -0.25) is 4.79 Å². The highest BCUT2D eigenvalue weighted by Crippen LogP contribution is 2.33. The number of halogens is 3. The Morgan fingerprint density at radius 2 is 1.81 bits per heavy atom. The van der Waals surface area contributed by atoms with E-state index >= 15 is 0 Å². The predicted molar refractivity (Wildman–Crippen MR) is 95.9 cm³/mol. The number of carbonyl (C=O) groups is 1. The van der Waals surface area contributed by atoms with Crippen molar-refractivity contribution in [2.45, 2.75) is 25.4 Å². The summed E-state index contributed by atoms with van der Waals surface area (Å²) in [6.45, 7) is 2.13. The maximum atomic E-state index is 12.9. The van der Waals surface area contributed by atoms with Gasteiger partial charge in [-0.1, -0.05) is 6.07 Å². The van der Waals surface area contributed by atoms with Crippen LogP contribution in [0.5, 0.6) is 0 Å². The molecular formula is C19H19F3N2OS. The summed E-state index contributed by atoms with van der Waals surface area (Å²) >= 11 is 1.60. The van der Waals surface area contributed by atoms with Crippen LogP contribution in [0.1, 0.15) is 32.1 Å². The van der Waals surface area contributed by atoms with Gasteiger partial charge in [0.1, 0.15) is 0 Å². The zero-order valence-corrected chi connectivity index (χ0v) is 15.0. The molecule has 1 aliphatic carbocycles. The van der Waals surface area contributed by atoms with Gasteiger partial charge in [-0.15, -0.1) is 11.3 Å². The lowest BCUT2D eigenvalue weighted by atomic mass is 10.1. The average Bonchev–Trinajstić information content (AvgIpc) is 3.23. The monoisotopic (exact) mass is 380 g/mol. The summed E-state index contributed by atoms with van der Waals surface area (Å²) in [5.41, 5.74) is 1.23. The minimum absolute atomic E-state index is 0.0492. The topological polar surface area (TPSA) is 23.6 Å². The first-order valence-corrected chi connectivity index (χ1v) is 9.56. The van der Waals surface area contributed by atoms with E-state index in [1.165, 1.54) is 29.0 Å². The highest BCUT2D eigenvalue weighted by atomic mass is 32.1. The number of hydrogen-bond donors (Lipinski definition) is 0. The van der Waals surface area contributed by atoms with E-state index in [0.717, 1.165) is 23.8 Å². The molecule has 1 aromatic carbocycles. The Bertz CT molecular complexity index is 801.